The SMILES string of the molecule is Cc1nc(N)sc1C(=O)Nc1cnn(CC(=O)O)c1. The third-order valence-electron chi connectivity index (χ3n) is 2.21. The van der Waals surface area contributed by atoms with Crippen LogP contribution in [0.3, 0.4) is 0 Å². The van der Waals surface area contributed by atoms with E-state index in [2.05, 4.69) is 15.4 Å². The average Bonchev–Trinajstić information content (AvgIpc) is 2.84. The van der Waals surface area contributed by atoms with Crippen LogP contribution >= 0.6 is 11.3 Å². The van der Waals surface area contributed by atoms with E-state index in [1.807, 2.05) is 0 Å². The number of carboxylic acids is 1. The van der Waals surface area contributed by atoms with Gasteiger partial charge >= 0.3 is 5.97 Å². The van der Waals surface area contributed by atoms with Crippen LogP contribution in [0.2, 0.25) is 0 Å². The van der Waals surface area contributed by atoms with E-state index in [4.69, 9.17) is 10.8 Å². The Balaban J connectivity index is 2.09. The molecule has 0 aromatic carbocycles. The van der Waals surface area contributed by atoms with Gasteiger partial charge in [-0.15, -0.1) is 0 Å². The molecule has 9 heteroatoms. The number of carbonyl (C=O) groups excluding carboxylic acids is 1. The Morgan fingerprint density at radius 1 is 1.58 bits per heavy atom. The molecule has 19 heavy (non-hydrogen) atoms. The molecule has 4 N–H and O–H groups in total. The van der Waals surface area contributed by atoms with Crippen LogP contribution in [0.15, 0.2) is 12.4 Å². The molecule has 0 radical (unpaired) electrons. The molecular weight excluding hydrogens is 270 g/mol. The van der Waals surface area contributed by atoms with Gasteiger partial charge in [0.2, 0.25) is 0 Å². The van der Waals surface area contributed by atoms with Crippen molar-refractivity contribution in [1.82, 2.24) is 14.8 Å². The predicted octanol–water partition coefficient (Wildman–Crippen LogP) is 0.567. The van der Waals surface area contributed by atoms with Gasteiger partial charge in [0.15, 0.2) is 5.13 Å². The van der Waals surface area contributed by atoms with E-state index in [-0.39, 0.29) is 12.5 Å². The van der Waals surface area contributed by atoms with E-state index >= 15 is 0 Å². The van der Waals surface area contributed by atoms with E-state index < -0.39 is 5.97 Å². The number of nitrogens with zero attached hydrogens (tertiary/aromatic N) is 3. The number of rotatable bonds is 4. The first-order valence-electron chi connectivity index (χ1n) is 5.24. The van der Waals surface area contributed by atoms with Gasteiger partial charge < -0.3 is 16.2 Å². The van der Waals surface area contributed by atoms with Gasteiger partial charge in [0.1, 0.15) is 11.4 Å². The third kappa shape index (κ3) is 3.07. The minimum Gasteiger partial charge on any atom is -0.480 e. The smallest absolute Gasteiger partial charge is 0.325 e. The number of nitrogens with two attached hydrogens (primary N) is 1. The van der Waals surface area contributed by atoms with Crippen LogP contribution in [0.4, 0.5) is 10.8 Å². The Hall–Kier alpha value is -2.42. The molecule has 0 saturated heterocycles. The Morgan fingerprint density at radius 3 is 2.89 bits per heavy atom. The quantitative estimate of drug-likeness (QED) is 0.752. The zero-order chi connectivity index (χ0) is 14.0. The summed E-state index contributed by atoms with van der Waals surface area (Å²) in [7, 11) is 0. The second-order valence-corrected chi connectivity index (χ2v) is 4.77. The average molecular weight is 281 g/mol. The number of hydrogen-bond donors (Lipinski definition) is 3. The summed E-state index contributed by atoms with van der Waals surface area (Å²) in [6, 6.07) is 0. The maximum atomic E-state index is 11.9. The molecule has 0 fully saturated rings. The van der Waals surface area contributed by atoms with E-state index in [1.54, 1.807) is 6.92 Å². The molecule has 2 aromatic rings. The topological polar surface area (TPSA) is 123 Å². The molecule has 0 atom stereocenters. The molecule has 0 spiro atoms. The first-order chi connectivity index (χ1) is 8.95. The van der Waals surface area contributed by atoms with Gasteiger partial charge in [-0.1, -0.05) is 11.3 Å². The number of aromatic nitrogens is 3. The molecule has 2 heterocycles. The fourth-order valence-electron chi connectivity index (χ4n) is 1.47. The monoisotopic (exact) mass is 281 g/mol. The molecule has 8 nitrogen and oxygen atoms in total. The van der Waals surface area contributed by atoms with Gasteiger partial charge in [0.25, 0.3) is 5.91 Å². The van der Waals surface area contributed by atoms with Crippen molar-refractivity contribution in [2.75, 3.05) is 11.1 Å². The number of thiazole rings is 1. The number of amides is 1. The first kappa shape index (κ1) is 13.0. The van der Waals surface area contributed by atoms with Crippen LogP contribution in [-0.2, 0) is 11.3 Å². The van der Waals surface area contributed by atoms with Gasteiger partial charge in [-0.3, -0.25) is 14.3 Å². The number of aryl methyl sites for hydroxylation is 1. The summed E-state index contributed by atoms with van der Waals surface area (Å²) in [6.45, 7) is 1.43. The van der Waals surface area contributed by atoms with Crippen LogP contribution in [0.25, 0.3) is 0 Å². The number of hydrogen-bond acceptors (Lipinski definition) is 6. The molecule has 0 saturated carbocycles. The van der Waals surface area contributed by atoms with Gasteiger partial charge in [-0.25, -0.2) is 4.98 Å². The molecule has 100 valence electrons. The highest BCUT2D eigenvalue weighted by Crippen LogP contribution is 2.20. The van der Waals surface area contributed by atoms with Crippen molar-refractivity contribution in [1.29, 1.82) is 0 Å². The number of anilines is 2. The third-order valence-corrected chi connectivity index (χ3v) is 3.19. The standard InChI is InChI=1S/C10H11N5O3S/c1-5-8(19-10(11)13-5)9(18)14-6-2-12-15(3-6)4-7(16)17/h2-3H,4H2,1H3,(H2,11,13)(H,14,18)(H,16,17). The van der Waals surface area contributed by atoms with E-state index in [1.165, 1.54) is 17.1 Å². The summed E-state index contributed by atoms with van der Waals surface area (Å²) in [4.78, 5) is 26.8. The minimum atomic E-state index is -1.01. The molecule has 0 aliphatic rings. The Labute approximate surface area is 111 Å². The van der Waals surface area contributed by atoms with E-state index in [0.29, 0.717) is 21.4 Å². The summed E-state index contributed by atoms with van der Waals surface area (Å²) in [5.74, 6) is -1.35. The molecular formula is C10H11N5O3S. The summed E-state index contributed by atoms with van der Waals surface area (Å²) < 4.78 is 1.21. The molecule has 0 aliphatic heterocycles. The number of carbonyl (C=O) groups is 2. The van der Waals surface area contributed by atoms with Gasteiger partial charge in [0, 0.05) is 6.20 Å². The van der Waals surface area contributed by atoms with E-state index in [9.17, 15) is 9.59 Å². The van der Waals surface area contributed by atoms with Crippen molar-refractivity contribution < 1.29 is 14.7 Å². The lowest BCUT2D eigenvalue weighted by Gasteiger charge is -1.99. The van der Waals surface area contributed by atoms with Crippen LogP contribution in [-0.4, -0.2) is 31.7 Å². The second-order valence-electron chi connectivity index (χ2n) is 3.74. The van der Waals surface area contributed by atoms with Crippen LogP contribution in [0.1, 0.15) is 15.4 Å². The zero-order valence-corrected chi connectivity index (χ0v) is 10.8. The lowest BCUT2D eigenvalue weighted by Crippen LogP contribution is -2.11. The van der Waals surface area contributed by atoms with Crippen LogP contribution in [0.5, 0.6) is 0 Å². The summed E-state index contributed by atoms with van der Waals surface area (Å²) in [6.07, 6.45) is 2.81. The number of nitrogens with one attached hydrogen (secondary N) is 1. The fourth-order valence-corrected chi connectivity index (χ4v) is 2.20. The number of aliphatic carboxylic acids is 1. The highest BCUT2D eigenvalue weighted by Gasteiger charge is 2.15. The maximum absolute atomic E-state index is 11.9. The van der Waals surface area contributed by atoms with Gasteiger partial charge in [-0.05, 0) is 6.92 Å². The largest absolute Gasteiger partial charge is 0.480 e. The van der Waals surface area contributed by atoms with Crippen molar-refractivity contribution in [3.05, 3.63) is 23.0 Å². The normalized spacial score (nSPS) is 10.4. The predicted molar refractivity (Wildman–Crippen MR) is 69.1 cm³/mol. The maximum Gasteiger partial charge on any atom is 0.325 e. The van der Waals surface area contributed by atoms with Crippen molar-refractivity contribution in [2.45, 2.75) is 13.5 Å². The first-order valence-corrected chi connectivity index (χ1v) is 6.06. The van der Waals surface area contributed by atoms with Gasteiger partial charge in [0.05, 0.1) is 17.6 Å². The zero-order valence-electron chi connectivity index (χ0n) is 9.95. The molecule has 2 aromatic heterocycles. The summed E-state index contributed by atoms with van der Waals surface area (Å²) in [5.41, 5.74) is 6.48. The fraction of sp³-hybridized carbons (Fsp3) is 0.200. The van der Waals surface area contributed by atoms with Gasteiger partial charge in [-0.2, -0.15) is 5.10 Å². The van der Waals surface area contributed by atoms with Crippen molar-refractivity contribution in [3.8, 4) is 0 Å². The van der Waals surface area contributed by atoms with Crippen LogP contribution in [0, 0.1) is 6.92 Å². The Morgan fingerprint density at radius 2 is 2.32 bits per heavy atom. The second kappa shape index (κ2) is 5.06. The highest BCUT2D eigenvalue weighted by molar-refractivity contribution is 7.17. The Kier molecular flexibility index (Phi) is 3.47. The molecule has 0 bridgehead atoms. The molecule has 0 aliphatic carbocycles. The minimum absolute atomic E-state index is 0.262. The Bertz CT molecular complexity index is 633. The lowest BCUT2D eigenvalue weighted by molar-refractivity contribution is -0.137. The van der Waals surface area contributed by atoms with Crippen molar-refractivity contribution >= 4 is 34.0 Å². The van der Waals surface area contributed by atoms with Crippen molar-refractivity contribution in [2.24, 2.45) is 0 Å². The number of carboxylic acid groups (broad SMARTS) is 1. The molecule has 2 rings (SSSR count). The molecule has 1 amide bonds. The molecule has 0 unspecified atom stereocenters. The van der Waals surface area contributed by atoms with E-state index in [0.717, 1.165) is 11.3 Å². The lowest BCUT2D eigenvalue weighted by atomic mass is 10.3. The summed E-state index contributed by atoms with van der Waals surface area (Å²) in [5, 5.41) is 15.4. The van der Waals surface area contributed by atoms with Crippen molar-refractivity contribution in [3.63, 3.8) is 0 Å². The summed E-state index contributed by atoms with van der Waals surface area (Å²) >= 11 is 1.09. The highest BCUT2D eigenvalue weighted by atomic mass is 32.1. The number of nitrogen functional groups attached to an aromatic ring is 1. The van der Waals surface area contributed by atoms with Crippen LogP contribution < -0.4 is 11.1 Å².